The van der Waals surface area contributed by atoms with E-state index in [9.17, 15) is 0 Å². The summed E-state index contributed by atoms with van der Waals surface area (Å²) in [4.78, 5) is 7.94. The summed E-state index contributed by atoms with van der Waals surface area (Å²) in [6.45, 7) is 2.38. The number of para-hydroxylation sites is 2. The smallest absolute Gasteiger partial charge is 0.0777 e. The van der Waals surface area contributed by atoms with Crippen molar-refractivity contribution < 1.29 is 28.9 Å². The number of anilines is 2. The van der Waals surface area contributed by atoms with E-state index in [1.807, 2.05) is 23.5 Å². The predicted molar refractivity (Wildman–Crippen MR) is 105 cm³/mol. The molecule has 0 bridgehead atoms. The van der Waals surface area contributed by atoms with E-state index in [1.165, 1.54) is 53.5 Å². The minimum atomic E-state index is -4.69. The molecule has 2 aliphatic heterocycles. The SMILES string of the molecule is [O-][Cl+3]([O-])([O-])O.c1ccc2c(c1)SCN2CCCCCN1CSc2ccccc21. The highest BCUT2D eigenvalue weighted by Gasteiger charge is 2.19. The number of benzene rings is 2. The number of halogens is 1. The molecule has 0 radical (unpaired) electrons. The molecule has 2 aliphatic rings. The average Bonchev–Trinajstić information content (AvgIpc) is 3.25. The van der Waals surface area contributed by atoms with Gasteiger partial charge in [0.2, 0.25) is 0 Å². The molecule has 9 heteroatoms. The topological polar surface area (TPSA) is 95.9 Å². The normalized spacial score (nSPS) is 15.1. The number of hydrogen-bond donors (Lipinski definition) is 1. The minimum absolute atomic E-state index is 1.12. The quantitative estimate of drug-likeness (QED) is 0.666. The molecule has 2 aromatic carbocycles. The second-order valence-electron chi connectivity index (χ2n) is 6.47. The van der Waals surface area contributed by atoms with Crippen LogP contribution >= 0.6 is 23.5 Å². The zero-order valence-electron chi connectivity index (χ0n) is 15.3. The summed E-state index contributed by atoms with van der Waals surface area (Å²) in [5.74, 6) is 2.24. The zero-order chi connectivity index (χ0) is 20.0. The van der Waals surface area contributed by atoms with E-state index in [4.69, 9.17) is 18.6 Å². The maximum absolute atomic E-state index is 8.60. The Morgan fingerprint density at radius 2 is 1.14 bits per heavy atom. The third kappa shape index (κ3) is 6.45. The number of fused-ring (bicyclic) bond motifs is 2. The molecule has 152 valence electrons. The molecule has 4 rings (SSSR count). The van der Waals surface area contributed by atoms with Crippen molar-refractivity contribution in [2.24, 2.45) is 0 Å². The fraction of sp³-hybridized carbons (Fsp3) is 0.368. The monoisotopic (exact) mass is 442 g/mol. The van der Waals surface area contributed by atoms with E-state index in [0.717, 1.165) is 11.8 Å². The van der Waals surface area contributed by atoms with Crippen molar-refractivity contribution in [1.29, 1.82) is 0 Å². The number of rotatable bonds is 6. The van der Waals surface area contributed by atoms with Crippen LogP contribution < -0.4 is 23.8 Å². The Hall–Kier alpha value is -1.13. The van der Waals surface area contributed by atoms with Gasteiger partial charge in [-0.1, -0.05) is 24.3 Å². The summed E-state index contributed by atoms with van der Waals surface area (Å²) in [5.41, 5.74) is 2.87. The van der Waals surface area contributed by atoms with Gasteiger partial charge in [-0.3, -0.25) is 0 Å². The highest BCUT2D eigenvalue weighted by atomic mass is 35.7. The standard InChI is InChI=1S/C19H22N2S2.ClHO4/c1(6-12-20-14-22-18-10-4-2-8-16(18)20)7-13-21-15-23-19-11-5-3-9-17(19)21;2-1(3,4)5/h2-5,8-11H,1,6-7,12-15H2;(H,2,3,4,5). The van der Waals surface area contributed by atoms with Crippen LogP contribution in [-0.4, -0.2) is 29.5 Å². The fourth-order valence-electron chi connectivity index (χ4n) is 3.27. The van der Waals surface area contributed by atoms with E-state index in [2.05, 4.69) is 58.3 Å². The molecule has 0 spiro atoms. The van der Waals surface area contributed by atoms with Gasteiger partial charge in [0.05, 0.1) is 38.0 Å². The molecule has 0 aromatic heterocycles. The number of hydrogen-bond acceptors (Lipinski definition) is 8. The van der Waals surface area contributed by atoms with Gasteiger partial charge in [0.25, 0.3) is 0 Å². The molecular formula is C19H23ClN2O4S2. The van der Waals surface area contributed by atoms with Gasteiger partial charge in [-0.25, -0.2) is 0 Å². The highest BCUT2D eigenvalue weighted by Crippen LogP contribution is 2.39. The fourth-order valence-corrected chi connectivity index (χ4v) is 5.43. The van der Waals surface area contributed by atoms with Gasteiger partial charge in [-0.2, -0.15) is 14.0 Å². The lowest BCUT2D eigenvalue weighted by molar-refractivity contribution is -1.92. The predicted octanol–water partition coefficient (Wildman–Crippen LogP) is 1.17. The van der Waals surface area contributed by atoms with Crippen LogP contribution in [0.3, 0.4) is 0 Å². The molecule has 2 aromatic rings. The van der Waals surface area contributed by atoms with Crippen molar-refractivity contribution >= 4 is 34.9 Å². The second kappa shape index (κ2) is 10.1. The lowest BCUT2D eigenvalue weighted by Crippen LogP contribution is -2.58. The van der Waals surface area contributed by atoms with Crippen LogP contribution in [0.25, 0.3) is 0 Å². The average molecular weight is 443 g/mol. The van der Waals surface area contributed by atoms with Gasteiger partial charge in [0.1, 0.15) is 0 Å². The Balaban J connectivity index is 0.000000403. The molecule has 0 saturated heterocycles. The van der Waals surface area contributed by atoms with Crippen LogP contribution in [-0.2, 0) is 0 Å². The van der Waals surface area contributed by atoms with E-state index >= 15 is 0 Å². The highest BCUT2D eigenvalue weighted by molar-refractivity contribution is 8.00. The van der Waals surface area contributed by atoms with Crippen LogP contribution in [0, 0.1) is 10.2 Å². The molecule has 0 amide bonds. The first-order valence-electron chi connectivity index (χ1n) is 8.98. The van der Waals surface area contributed by atoms with E-state index < -0.39 is 10.2 Å². The van der Waals surface area contributed by atoms with Crippen LogP contribution in [0.15, 0.2) is 58.3 Å². The lowest BCUT2D eigenvalue weighted by atomic mass is 10.2. The Labute approximate surface area is 175 Å². The van der Waals surface area contributed by atoms with Crippen molar-refractivity contribution in [1.82, 2.24) is 0 Å². The minimum Gasteiger partial charge on any atom is -0.361 e. The van der Waals surface area contributed by atoms with Crippen molar-refractivity contribution in [2.45, 2.75) is 29.1 Å². The molecule has 0 aliphatic carbocycles. The Kier molecular flexibility index (Phi) is 7.76. The van der Waals surface area contributed by atoms with E-state index in [1.54, 1.807) is 0 Å². The lowest BCUT2D eigenvalue weighted by Gasteiger charge is -2.20. The van der Waals surface area contributed by atoms with Gasteiger partial charge in [-0.15, -0.1) is 23.5 Å². The Morgan fingerprint density at radius 1 is 0.750 bits per heavy atom. The summed E-state index contributed by atoms with van der Waals surface area (Å²) >= 11 is 3.93. The largest absolute Gasteiger partial charge is 0.361 e. The van der Waals surface area contributed by atoms with E-state index in [0.29, 0.717) is 0 Å². The third-order valence-electron chi connectivity index (χ3n) is 4.52. The molecular weight excluding hydrogens is 420 g/mol. The van der Waals surface area contributed by atoms with Crippen LogP contribution in [0.1, 0.15) is 19.3 Å². The molecule has 0 fully saturated rings. The van der Waals surface area contributed by atoms with Crippen LogP contribution in [0.2, 0.25) is 0 Å². The molecule has 0 saturated carbocycles. The summed E-state index contributed by atoms with van der Waals surface area (Å²) in [6, 6.07) is 17.6. The van der Waals surface area contributed by atoms with Gasteiger partial charge < -0.3 is 9.80 Å². The molecule has 0 unspecified atom stereocenters. The number of thioether (sulfide) groups is 2. The first kappa shape index (κ1) is 21.6. The molecule has 2 heterocycles. The maximum atomic E-state index is 8.60. The summed E-state index contributed by atoms with van der Waals surface area (Å²) in [6.07, 6.45) is 3.89. The second-order valence-corrected chi connectivity index (χ2v) is 9.23. The first-order valence-corrected chi connectivity index (χ1v) is 12.2. The van der Waals surface area contributed by atoms with Gasteiger partial charge >= 0.3 is 0 Å². The summed E-state index contributed by atoms with van der Waals surface area (Å²) in [7, 11) is -4.69. The first-order chi connectivity index (χ1) is 13.4. The van der Waals surface area contributed by atoms with Crippen molar-refractivity contribution in [3.05, 3.63) is 48.5 Å². The maximum Gasteiger partial charge on any atom is 0.0777 e. The molecule has 1 N–H and O–H groups in total. The molecule has 28 heavy (non-hydrogen) atoms. The Bertz CT molecular complexity index is 712. The van der Waals surface area contributed by atoms with Gasteiger partial charge in [0, 0.05) is 22.9 Å². The number of unbranched alkanes of at least 4 members (excludes halogenated alkanes) is 2. The van der Waals surface area contributed by atoms with Gasteiger partial charge in [-0.05, 0) is 43.5 Å². The Morgan fingerprint density at radius 3 is 1.57 bits per heavy atom. The molecule has 6 nitrogen and oxygen atoms in total. The van der Waals surface area contributed by atoms with Crippen molar-refractivity contribution in [3.63, 3.8) is 0 Å². The molecule has 0 atom stereocenters. The van der Waals surface area contributed by atoms with Crippen LogP contribution in [0.5, 0.6) is 0 Å². The third-order valence-corrected chi connectivity index (χ3v) is 6.71. The number of nitrogens with zero attached hydrogens (tertiary/aromatic N) is 2. The van der Waals surface area contributed by atoms with Crippen LogP contribution in [0.4, 0.5) is 11.4 Å². The van der Waals surface area contributed by atoms with Crippen molar-refractivity contribution in [2.75, 3.05) is 34.6 Å². The summed E-state index contributed by atoms with van der Waals surface area (Å²) < 4.78 is 32.7. The summed E-state index contributed by atoms with van der Waals surface area (Å²) in [5, 5.41) is 0. The van der Waals surface area contributed by atoms with E-state index in [-0.39, 0.29) is 0 Å². The van der Waals surface area contributed by atoms with Gasteiger partial charge in [0.15, 0.2) is 0 Å². The zero-order valence-corrected chi connectivity index (χ0v) is 17.7. The van der Waals surface area contributed by atoms with Crippen molar-refractivity contribution in [3.8, 4) is 0 Å².